The molecule has 0 bridgehead atoms. The van der Waals surface area contributed by atoms with Crippen LogP contribution < -0.4 is 5.43 Å². The molecule has 0 spiro atoms. The number of thioether (sulfide) groups is 1. The third kappa shape index (κ3) is 3.92. The van der Waals surface area contributed by atoms with Crippen LogP contribution in [0.5, 0.6) is 0 Å². The van der Waals surface area contributed by atoms with Crippen LogP contribution in [0.1, 0.15) is 37.8 Å². The van der Waals surface area contributed by atoms with Crippen LogP contribution >= 0.6 is 23.4 Å². The summed E-state index contributed by atoms with van der Waals surface area (Å²) in [6, 6.07) is 17.7. The molecule has 3 heterocycles. The molecule has 2 aliphatic rings. The molecule has 1 amide bonds. The van der Waals surface area contributed by atoms with E-state index in [9.17, 15) is 4.79 Å². The molecule has 0 radical (unpaired) electrons. The number of benzene rings is 2. The van der Waals surface area contributed by atoms with Crippen molar-refractivity contribution in [3.63, 3.8) is 0 Å². The van der Waals surface area contributed by atoms with Gasteiger partial charge in [-0.3, -0.25) is 4.79 Å². The first-order valence-electron chi connectivity index (χ1n) is 10.6. The van der Waals surface area contributed by atoms with Crippen LogP contribution in [0.15, 0.2) is 59.8 Å². The Morgan fingerprint density at radius 3 is 2.61 bits per heavy atom. The molecule has 2 aromatic carbocycles. The Labute approximate surface area is 191 Å². The fourth-order valence-electron chi connectivity index (χ4n) is 4.33. The SMILES string of the molecule is C[C@@H]1CCCCN1C(=O)[C@@H]1Sc2nnc(-c3ccccc3)n2N[C@@H]1c1ccc(Cl)cc1. The van der Waals surface area contributed by atoms with Gasteiger partial charge in [-0.15, -0.1) is 10.2 Å². The van der Waals surface area contributed by atoms with Gasteiger partial charge >= 0.3 is 0 Å². The molecule has 31 heavy (non-hydrogen) atoms. The lowest BCUT2D eigenvalue weighted by Gasteiger charge is -2.39. The summed E-state index contributed by atoms with van der Waals surface area (Å²) in [5.74, 6) is 0.888. The quantitative estimate of drug-likeness (QED) is 0.619. The lowest BCUT2D eigenvalue weighted by molar-refractivity contribution is -0.134. The zero-order valence-corrected chi connectivity index (χ0v) is 18.8. The lowest BCUT2D eigenvalue weighted by atomic mass is 9.99. The molecule has 3 aromatic rings. The number of hydrogen-bond acceptors (Lipinski definition) is 5. The summed E-state index contributed by atoms with van der Waals surface area (Å²) < 4.78 is 1.91. The number of halogens is 1. The molecule has 1 saturated heterocycles. The molecule has 1 aromatic heterocycles. The van der Waals surface area contributed by atoms with Gasteiger partial charge in [-0.2, -0.15) is 0 Å². The fourth-order valence-corrected chi connectivity index (χ4v) is 5.60. The van der Waals surface area contributed by atoms with Crippen molar-refractivity contribution in [1.29, 1.82) is 0 Å². The molecule has 5 rings (SSSR count). The highest BCUT2D eigenvalue weighted by molar-refractivity contribution is 8.00. The zero-order chi connectivity index (χ0) is 21.4. The number of carbonyl (C=O) groups is 1. The van der Waals surface area contributed by atoms with E-state index in [0.717, 1.165) is 36.3 Å². The Kier molecular flexibility index (Phi) is 5.63. The van der Waals surface area contributed by atoms with Crippen LogP contribution in [0.4, 0.5) is 0 Å². The van der Waals surface area contributed by atoms with E-state index in [1.54, 1.807) is 0 Å². The summed E-state index contributed by atoms with van der Waals surface area (Å²) in [6.07, 6.45) is 3.29. The number of rotatable bonds is 3. The van der Waals surface area contributed by atoms with E-state index in [1.165, 1.54) is 18.2 Å². The van der Waals surface area contributed by atoms with Crippen molar-refractivity contribution in [2.24, 2.45) is 0 Å². The largest absolute Gasteiger partial charge is 0.339 e. The molecule has 1 N–H and O–H groups in total. The molecule has 160 valence electrons. The van der Waals surface area contributed by atoms with E-state index in [4.69, 9.17) is 11.6 Å². The normalized spacial score (nSPS) is 23.2. The lowest BCUT2D eigenvalue weighted by Crippen LogP contribution is -2.50. The molecular formula is C23H24ClN5OS. The van der Waals surface area contributed by atoms with Crippen LogP contribution in [0.25, 0.3) is 11.4 Å². The van der Waals surface area contributed by atoms with Crippen LogP contribution in [0.2, 0.25) is 5.02 Å². The first kappa shape index (κ1) is 20.4. The van der Waals surface area contributed by atoms with E-state index in [-0.39, 0.29) is 23.2 Å². The first-order chi connectivity index (χ1) is 15.1. The maximum Gasteiger partial charge on any atom is 0.238 e. The molecule has 6 nitrogen and oxygen atoms in total. The highest BCUT2D eigenvalue weighted by Gasteiger charge is 2.41. The Hall–Kier alpha value is -2.51. The van der Waals surface area contributed by atoms with Crippen LogP contribution in [-0.2, 0) is 4.79 Å². The van der Waals surface area contributed by atoms with E-state index >= 15 is 0 Å². The fraction of sp³-hybridized carbons (Fsp3) is 0.348. The average molecular weight is 454 g/mol. The average Bonchev–Trinajstić information content (AvgIpc) is 3.22. The third-order valence-corrected chi connectivity index (χ3v) is 7.48. The minimum absolute atomic E-state index is 0.153. The van der Waals surface area contributed by atoms with Crippen molar-refractivity contribution in [1.82, 2.24) is 19.8 Å². The summed E-state index contributed by atoms with van der Waals surface area (Å²) >= 11 is 7.62. The topological polar surface area (TPSA) is 63.1 Å². The number of hydrogen-bond donors (Lipinski definition) is 1. The summed E-state index contributed by atoms with van der Waals surface area (Å²) in [6.45, 7) is 2.96. The molecule has 0 unspecified atom stereocenters. The number of nitrogens with zero attached hydrogens (tertiary/aromatic N) is 4. The summed E-state index contributed by atoms with van der Waals surface area (Å²) in [7, 11) is 0. The summed E-state index contributed by atoms with van der Waals surface area (Å²) in [4.78, 5) is 15.7. The zero-order valence-electron chi connectivity index (χ0n) is 17.2. The number of amides is 1. The van der Waals surface area contributed by atoms with Gasteiger partial charge < -0.3 is 10.3 Å². The second kappa shape index (κ2) is 8.55. The predicted molar refractivity (Wildman–Crippen MR) is 124 cm³/mol. The number of likely N-dealkylation sites (tertiary alicyclic amines) is 1. The van der Waals surface area contributed by atoms with Crippen LogP contribution in [-0.4, -0.2) is 43.5 Å². The maximum absolute atomic E-state index is 13.7. The van der Waals surface area contributed by atoms with Gasteiger partial charge in [0.25, 0.3) is 0 Å². The highest BCUT2D eigenvalue weighted by atomic mass is 35.5. The number of piperidine rings is 1. The summed E-state index contributed by atoms with van der Waals surface area (Å²) in [5.41, 5.74) is 5.53. The Bertz CT molecular complexity index is 1070. The van der Waals surface area contributed by atoms with Gasteiger partial charge in [-0.1, -0.05) is 65.8 Å². The van der Waals surface area contributed by atoms with Gasteiger partial charge in [-0.05, 0) is 43.9 Å². The van der Waals surface area contributed by atoms with E-state index < -0.39 is 0 Å². The Morgan fingerprint density at radius 2 is 1.87 bits per heavy atom. The number of nitrogens with one attached hydrogen (secondary N) is 1. The highest BCUT2D eigenvalue weighted by Crippen LogP contribution is 2.40. The van der Waals surface area contributed by atoms with E-state index in [1.807, 2.05) is 64.2 Å². The number of carbonyl (C=O) groups excluding carboxylic acids is 1. The maximum atomic E-state index is 13.7. The Morgan fingerprint density at radius 1 is 1.10 bits per heavy atom. The van der Waals surface area contributed by atoms with Crippen molar-refractivity contribution < 1.29 is 4.79 Å². The molecule has 0 aliphatic carbocycles. The van der Waals surface area contributed by atoms with Gasteiger partial charge in [-0.25, -0.2) is 4.68 Å². The molecule has 2 aliphatic heterocycles. The monoisotopic (exact) mass is 453 g/mol. The van der Waals surface area contributed by atoms with Crippen molar-refractivity contribution in [3.05, 3.63) is 65.2 Å². The molecule has 3 atom stereocenters. The predicted octanol–water partition coefficient (Wildman–Crippen LogP) is 4.76. The minimum atomic E-state index is -0.331. The second-order valence-corrected chi connectivity index (χ2v) is 9.63. The molecular weight excluding hydrogens is 430 g/mol. The molecule has 0 saturated carbocycles. The second-order valence-electron chi connectivity index (χ2n) is 8.08. The minimum Gasteiger partial charge on any atom is -0.339 e. The van der Waals surface area contributed by atoms with Crippen LogP contribution in [0, 0.1) is 0 Å². The third-order valence-electron chi connectivity index (χ3n) is 6.03. The van der Waals surface area contributed by atoms with Crippen molar-refractivity contribution in [3.8, 4) is 11.4 Å². The van der Waals surface area contributed by atoms with Crippen molar-refractivity contribution in [2.75, 3.05) is 12.0 Å². The van der Waals surface area contributed by atoms with Gasteiger partial charge in [0.1, 0.15) is 5.25 Å². The smallest absolute Gasteiger partial charge is 0.238 e. The van der Waals surface area contributed by atoms with Gasteiger partial charge in [0.2, 0.25) is 11.1 Å². The van der Waals surface area contributed by atoms with Gasteiger partial charge in [0.15, 0.2) is 5.82 Å². The van der Waals surface area contributed by atoms with Crippen molar-refractivity contribution >= 4 is 29.3 Å². The molecule has 1 fully saturated rings. The number of fused-ring (bicyclic) bond motifs is 1. The number of aromatic nitrogens is 3. The molecule has 8 heteroatoms. The van der Waals surface area contributed by atoms with Crippen molar-refractivity contribution in [2.45, 2.75) is 48.7 Å². The van der Waals surface area contributed by atoms with E-state index in [2.05, 4.69) is 22.5 Å². The summed E-state index contributed by atoms with van der Waals surface area (Å²) in [5, 5.41) is 9.85. The van der Waals surface area contributed by atoms with E-state index in [0.29, 0.717) is 10.2 Å². The van der Waals surface area contributed by atoms with Crippen LogP contribution in [0.3, 0.4) is 0 Å². The standard InChI is InChI=1S/C23H24ClN5OS/c1-15-7-5-6-14-28(15)22(30)20-19(16-10-12-18(24)13-11-16)27-29-21(25-26-23(29)31-20)17-8-3-2-4-9-17/h2-4,8-13,15,19-20,27H,5-7,14H2,1H3/t15-,19-,20-/m1/s1. The van der Waals surface area contributed by atoms with Gasteiger partial charge in [0.05, 0.1) is 6.04 Å². The van der Waals surface area contributed by atoms with Gasteiger partial charge in [0, 0.05) is 23.2 Å². The Balaban J connectivity index is 1.53. The first-order valence-corrected chi connectivity index (χ1v) is 11.9.